The van der Waals surface area contributed by atoms with Gasteiger partial charge < -0.3 is 18.9 Å². The van der Waals surface area contributed by atoms with Gasteiger partial charge in [0.1, 0.15) is 22.3 Å². The Bertz CT molecular complexity index is 5670. The van der Waals surface area contributed by atoms with Crippen molar-refractivity contribution in [1.82, 2.24) is 0 Å². The van der Waals surface area contributed by atoms with E-state index in [4.69, 9.17) is 8.83 Å². The molecular weight excluding hydrogens is 1160 g/mol. The molecule has 0 saturated carbocycles. The van der Waals surface area contributed by atoms with E-state index in [-0.39, 0.29) is 0 Å². The largest absolute Gasteiger partial charge is 0.489 e. The molecule has 4 nitrogen and oxygen atoms in total. The Balaban J connectivity index is 0.000000118. The van der Waals surface area contributed by atoms with Crippen molar-refractivity contribution in [2.45, 2.75) is 0 Å². The van der Waals surface area contributed by atoms with Crippen LogP contribution in [0.15, 0.2) is 329 Å². The third kappa shape index (κ3) is 9.66. The van der Waals surface area contributed by atoms with Crippen LogP contribution in [0, 0.1) is 0 Å². The lowest BCUT2D eigenvalue weighted by Crippen LogP contribution is -2.31. The Morgan fingerprint density at radius 3 is 0.956 bits per heavy atom. The van der Waals surface area contributed by atoms with Gasteiger partial charge in [-0.05, 0) is 151 Å². The number of rotatable bonds is 6. The maximum Gasteiger partial charge on any atom is 0.489 e. The topological polar surface area (TPSA) is 66.7 Å². The number of benzene rings is 16. The van der Waals surface area contributed by atoms with E-state index in [1.807, 2.05) is 78.9 Å². The Labute approximate surface area is 528 Å². The van der Waals surface area contributed by atoms with Gasteiger partial charge in [-0.2, -0.15) is 0 Å². The van der Waals surface area contributed by atoms with Crippen molar-refractivity contribution in [3.63, 3.8) is 0 Å². The van der Waals surface area contributed by atoms with Crippen LogP contribution in [-0.4, -0.2) is 17.2 Å². The minimum Gasteiger partial charge on any atom is -0.455 e. The molecule has 0 amide bonds. The minimum absolute atomic E-state index is 0.561. The lowest BCUT2D eigenvalue weighted by molar-refractivity contribution is 0.426. The highest BCUT2D eigenvalue weighted by molar-refractivity contribution is 9.10. The van der Waals surface area contributed by atoms with E-state index in [0.717, 1.165) is 92.5 Å². The molecule has 16 aromatic carbocycles. The summed E-state index contributed by atoms with van der Waals surface area (Å²) in [4.78, 5) is 0. The molecule has 0 aliphatic carbocycles. The van der Waals surface area contributed by atoms with Crippen molar-refractivity contribution >= 4 is 137 Å². The summed E-state index contributed by atoms with van der Waals surface area (Å²) in [6.45, 7) is 0. The lowest BCUT2D eigenvalue weighted by atomic mass is 9.72. The first kappa shape index (κ1) is 54.5. The van der Waals surface area contributed by atoms with E-state index in [2.05, 4.69) is 253 Å². The fraction of sp³-hybridized carbons (Fsp3) is 0. The summed E-state index contributed by atoms with van der Waals surface area (Å²) in [7, 11) is -1.52. The highest BCUT2D eigenvalue weighted by Crippen LogP contribution is 2.46. The van der Waals surface area contributed by atoms with E-state index in [9.17, 15) is 10.0 Å². The van der Waals surface area contributed by atoms with Crippen LogP contribution in [-0.2, 0) is 0 Å². The Morgan fingerprint density at radius 2 is 0.544 bits per heavy atom. The highest BCUT2D eigenvalue weighted by Gasteiger charge is 2.23. The molecule has 0 radical (unpaired) electrons. The fourth-order valence-electron chi connectivity index (χ4n) is 13.6. The molecule has 0 spiro atoms. The zero-order valence-corrected chi connectivity index (χ0v) is 50.3. The Kier molecular flexibility index (Phi) is 13.9. The second kappa shape index (κ2) is 23.0. The van der Waals surface area contributed by atoms with Crippen molar-refractivity contribution < 1.29 is 18.9 Å². The zero-order valence-electron chi connectivity index (χ0n) is 48.7. The van der Waals surface area contributed by atoms with Crippen molar-refractivity contribution in [1.29, 1.82) is 0 Å². The molecule has 18 rings (SSSR count). The van der Waals surface area contributed by atoms with Gasteiger partial charge in [0, 0.05) is 37.1 Å². The second-order valence-corrected chi connectivity index (χ2v) is 23.8. The van der Waals surface area contributed by atoms with Crippen molar-refractivity contribution in [3.8, 4) is 55.6 Å². The van der Waals surface area contributed by atoms with Crippen molar-refractivity contribution in [3.05, 3.63) is 320 Å². The maximum atomic E-state index is 10.1. The zero-order chi connectivity index (χ0) is 60.2. The molecule has 0 saturated heterocycles. The van der Waals surface area contributed by atoms with E-state index >= 15 is 0 Å². The molecule has 424 valence electrons. The second-order valence-electron chi connectivity index (χ2n) is 22.9. The van der Waals surface area contributed by atoms with Crippen LogP contribution in [0.2, 0.25) is 0 Å². The summed E-state index contributed by atoms with van der Waals surface area (Å²) in [5, 5.41) is 38.5. The highest BCUT2D eigenvalue weighted by atomic mass is 79.9. The standard InChI is InChI=1S/C42H26O.C24H17BO2.C18H11BrO/c1-2-11-30-26-31(25-20-27(30)10-1)41-36-15-5-3-13-34(36)40(35-14-4-6-16-37(35)41)29-23-21-28(22-24-29)32-17-9-18-38-33-12-7-8-19-39(33)43-42(32)38;26-25(27)24-21-11-5-3-9-19(21)23(20-10-4-6-12-22(20)24)18-14-13-16-7-1-2-8-17(16)15-18;19-13-10-8-12(9-11-13)14-5-3-6-16-15-4-1-2-7-17(15)20-18(14)16/h1-26H;1-15,26-27H;1-11H. The van der Waals surface area contributed by atoms with Crippen LogP contribution in [0.4, 0.5) is 0 Å². The summed E-state index contributed by atoms with van der Waals surface area (Å²) in [5.41, 5.74) is 16.1. The molecule has 0 aliphatic heterocycles. The summed E-state index contributed by atoms with van der Waals surface area (Å²) >= 11 is 3.47. The van der Waals surface area contributed by atoms with E-state index in [0.29, 0.717) is 5.46 Å². The van der Waals surface area contributed by atoms with Crippen LogP contribution in [0.1, 0.15) is 0 Å². The molecule has 0 bridgehead atoms. The predicted molar refractivity (Wildman–Crippen MR) is 384 cm³/mol. The molecule has 2 heterocycles. The molecule has 0 atom stereocenters. The summed E-state index contributed by atoms with van der Waals surface area (Å²) in [6, 6.07) is 110. The van der Waals surface area contributed by atoms with Gasteiger partial charge in [0.25, 0.3) is 0 Å². The summed E-state index contributed by atoms with van der Waals surface area (Å²) in [5.74, 6) is 0. The number of hydrogen-bond acceptors (Lipinski definition) is 4. The summed E-state index contributed by atoms with van der Waals surface area (Å²) in [6.07, 6.45) is 0. The average Bonchev–Trinajstić information content (AvgIpc) is 1.13. The molecule has 2 aromatic heterocycles. The minimum atomic E-state index is -1.52. The number of para-hydroxylation sites is 4. The SMILES string of the molecule is Brc1ccc(-c2cccc3c2oc2ccccc23)cc1.OB(O)c1c2ccccc2c(-c2ccc3ccccc3c2)c2ccccc12.c1ccc2cc(-c3c4ccccc4c(-c4ccc(-c5cccc6c5oc5ccccc56)cc4)c4ccccc34)ccc2c1. The number of furan rings is 2. The first-order chi connectivity index (χ1) is 44.4. The molecule has 0 unspecified atom stereocenters. The molecule has 6 heteroatoms. The van der Waals surface area contributed by atoms with Crippen LogP contribution < -0.4 is 5.46 Å². The van der Waals surface area contributed by atoms with Gasteiger partial charge in [-0.25, -0.2) is 0 Å². The van der Waals surface area contributed by atoms with E-state index in [1.165, 1.54) is 76.1 Å². The first-order valence-corrected chi connectivity index (χ1v) is 31.1. The Hall–Kier alpha value is -10.9. The predicted octanol–water partition coefficient (Wildman–Crippen LogP) is 22.6. The van der Waals surface area contributed by atoms with Crippen LogP contribution in [0.3, 0.4) is 0 Å². The first-order valence-electron chi connectivity index (χ1n) is 30.3. The van der Waals surface area contributed by atoms with Gasteiger partial charge in [0.15, 0.2) is 0 Å². The molecule has 18 aromatic rings. The van der Waals surface area contributed by atoms with Gasteiger partial charge in [0.05, 0.1) is 0 Å². The van der Waals surface area contributed by atoms with E-state index < -0.39 is 7.12 Å². The van der Waals surface area contributed by atoms with Crippen LogP contribution in [0.25, 0.3) is 164 Å². The smallest absolute Gasteiger partial charge is 0.455 e. The van der Waals surface area contributed by atoms with Gasteiger partial charge in [0.2, 0.25) is 0 Å². The van der Waals surface area contributed by atoms with Gasteiger partial charge >= 0.3 is 7.12 Å². The monoisotopic (exact) mass is 1220 g/mol. The number of halogens is 1. The fourth-order valence-corrected chi connectivity index (χ4v) is 13.9. The number of fused-ring (bicyclic) bond motifs is 12. The summed E-state index contributed by atoms with van der Waals surface area (Å²) < 4.78 is 13.5. The third-order valence-corrected chi connectivity index (χ3v) is 18.2. The van der Waals surface area contributed by atoms with Gasteiger partial charge in [-0.15, -0.1) is 0 Å². The third-order valence-electron chi connectivity index (χ3n) is 17.7. The maximum absolute atomic E-state index is 10.1. The van der Waals surface area contributed by atoms with Crippen LogP contribution in [0.5, 0.6) is 0 Å². The van der Waals surface area contributed by atoms with Crippen LogP contribution >= 0.6 is 15.9 Å². The van der Waals surface area contributed by atoms with E-state index in [1.54, 1.807) is 0 Å². The number of hydrogen-bond donors (Lipinski definition) is 2. The molecular formula is C84H54BBrO4. The average molecular weight is 1220 g/mol. The quantitative estimate of drug-likeness (QED) is 0.129. The molecule has 0 aliphatic rings. The molecule has 2 N–H and O–H groups in total. The lowest BCUT2D eigenvalue weighted by Gasteiger charge is -2.18. The molecule has 0 fully saturated rings. The van der Waals surface area contributed by atoms with Crippen molar-refractivity contribution in [2.24, 2.45) is 0 Å². The normalized spacial score (nSPS) is 11.5. The van der Waals surface area contributed by atoms with Gasteiger partial charge in [-0.1, -0.05) is 295 Å². The van der Waals surface area contributed by atoms with Crippen molar-refractivity contribution in [2.75, 3.05) is 0 Å². The molecule has 90 heavy (non-hydrogen) atoms. The Morgan fingerprint density at radius 1 is 0.244 bits per heavy atom. The van der Waals surface area contributed by atoms with Gasteiger partial charge in [-0.3, -0.25) is 0 Å².